The normalized spacial score (nSPS) is 15.6. The fraction of sp³-hybridized carbons (Fsp3) is 0.353. The molecule has 0 unspecified atom stereocenters. The Morgan fingerprint density at radius 1 is 1.05 bits per heavy atom. The van der Waals surface area contributed by atoms with Gasteiger partial charge in [-0.2, -0.15) is 4.98 Å². The molecule has 21 heavy (non-hydrogen) atoms. The van der Waals surface area contributed by atoms with Gasteiger partial charge in [-0.1, -0.05) is 12.8 Å². The molecule has 0 aromatic carbocycles. The lowest BCUT2D eigenvalue weighted by molar-refractivity contribution is 0.600. The highest BCUT2D eigenvalue weighted by Crippen LogP contribution is 2.22. The predicted octanol–water partition coefficient (Wildman–Crippen LogP) is 2.90. The van der Waals surface area contributed by atoms with Crippen molar-refractivity contribution in [2.24, 2.45) is 0 Å². The van der Waals surface area contributed by atoms with Crippen molar-refractivity contribution in [3.05, 3.63) is 52.3 Å². The zero-order chi connectivity index (χ0) is 14.2. The first-order valence-electron chi connectivity index (χ1n) is 7.61. The predicted molar refractivity (Wildman–Crippen MR) is 82.6 cm³/mol. The smallest absolute Gasteiger partial charge is 0.276 e. The Morgan fingerprint density at radius 2 is 1.90 bits per heavy atom. The van der Waals surface area contributed by atoms with Crippen LogP contribution in [0.4, 0.5) is 0 Å². The van der Waals surface area contributed by atoms with Gasteiger partial charge in [-0.25, -0.2) is 0 Å². The van der Waals surface area contributed by atoms with Crippen molar-refractivity contribution < 1.29 is 0 Å². The van der Waals surface area contributed by atoms with E-state index >= 15 is 0 Å². The Labute approximate surface area is 122 Å². The maximum atomic E-state index is 12.4. The van der Waals surface area contributed by atoms with Crippen molar-refractivity contribution in [3.63, 3.8) is 0 Å². The van der Waals surface area contributed by atoms with Gasteiger partial charge in [-0.3, -0.25) is 9.78 Å². The highest BCUT2D eigenvalue weighted by Gasteiger charge is 2.15. The van der Waals surface area contributed by atoms with Gasteiger partial charge < -0.3 is 4.40 Å². The summed E-state index contributed by atoms with van der Waals surface area (Å²) in [4.78, 5) is 21.0. The first kappa shape index (κ1) is 12.5. The monoisotopic (exact) mass is 279 g/mol. The molecule has 0 saturated carbocycles. The summed E-state index contributed by atoms with van der Waals surface area (Å²) in [7, 11) is 0. The van der Waals surface area contributed by atoms with Gasteiger partial charge in [0.1, 0.15) is 5.65 Å². The second kappa shape index (κ2) is 4.95. The van der Waals surface area contributed by atoms with Gasteiger partial charge in [0.05, 0.1) is 0 Å². The average molecular weight is 279 g/mol. The molecule has 0 radical (unpaired) electrons. The zero-order valence-corrected chi connectivity index (χ0v) is 11.9. The maximum absolute atomic E-state index is 12.4. The van der Waals surface area contributed by atoms with E-state index in [1.807, 2.05) is 18.5 Å². The minimum absolute atomic E-state index is 0.0452. The number of rotatable bonds is 0. The fourth-order valence-corrected chi connectivity index (χ4v) is 3.33. The van der Waals surface area contributed by atoms with E-state index < -0.39 is 0 Å². The molecule has 0 fully saturated rings. The highest BCUT2D eigenvalue weighted by atomic mass is 16.1. The van der Waals surface area contributed by atoms with Crippen LogP contribution in [0.5, 0.6) is 0 Å². The van der Waals surface area contributed by atoms with Crippen LogP contribution >= 0.6 is 0 Å². The summed E-state index contributed by atoms with van der Waals surface area (Å²) in [6.07, 6.45) is 12.1. The minimum Gasteiger partial charge on any atom is -0.305 e. The second-order valence-corrected chi connectivity index (χ2v) is 5.73. The standard InChI is InChI=1S/C17H17N3O/c21-17-14-5-3-1-2-4-6-15(14)20-10-8-12-11-18-9-7-13(12)16(20)19-17/h7-11H,1-6H2. The molecule has 3 aromatic heterocycles. The number of aromatic nitrogens is 3. The lowest BCUT2D eigenvalue weighted by atomic mass is 9.97. The van der Waals surface area contributed by atoms with E-state index in [0.717, 1.165) is 53.4 Å². The lowest BCUT2D eigenvalue weighted by Crippen LogP contribution is -2.21. The molecular formula is C17H17N3O. The Bertz CT molecular complexity index is 882. The van der Waals surface area contributed by atoms with Crippen LogP contribution in [0.15, 0.2) is 35.5 Å². The van der Waals surface area contributed by atoms with Crippen LogP contribution in [0.1, 0.15) is 36.9 Å². The third kappa shape index (κ3) is 2.02. The average Bonchev–Trinajstić information content (AvgIpc) is 2.47. The number of fused-ring (bicyclic) bond motifs is 5. The summed E-state index contributed by atoms with van der Waals surface area (Å²) >= 11 is 0. The van der Waals surface area contributed by atoms with Gasteiger partial charge in [0.25, 0.3) is 5.56 Å². The first-order chi connectivity index (χ1) is 10.3. The summed E-state index contributed by atoms with van der Waals surface area (Å²) < 4.78 is 2.12. The Hall–Kier alpha value is -2.23. The summed E-state index contributed by atoms with van der Waals surface area (Å²) in [5.74, 6) is 0. The van der Waals surface area contributed by atoms with Gasteiger partial charge in [0.2, 0.25) is 0 Å². The number of hydrogen-bond donors (Lipinski definition) is 0. The highest BCUT2D eigenvalue weighted by molar-refractivity contribution is 5.93. The maximum Gasteiger partial charge on any atom is 0.276 e. The minimum atomic E-state index is -0.0452. The number of nitrogens with zero attached hydrogens (tertiary/aromatic N) is 3. The van der Waals surface area contributed by atoms with Crippen molar-refractivity contribution in [2.75, 3.05) is 0 Å². The molecule has 0 bridgehead atoms. The van der Waals surface area contributed by atoms with Gasteiger partial charge in [-0.05, 0) is 37.8 Å². The van der Waals surface area contributed by atoms with E-state index in [1.165, 1.54) is 12.8 Å². The van der Waals surface area contributed by atoms with Crippen molar-refractivity contribution in [2.45, 2.75) is 38.5 Å². The van der Waals surface area contributed by atoms with Crippen LogP contribution in [-0.2, 0) is 12.8 Å². The number of hydrogen-bond acceptors (Lipinski definition) is 3. The van der Waals surface area contributed by atoms with Crippen molar-refractivity contribution in [3.8, 4) is 0 Å². The molecule has 3 aromatic rings. The Kier molecular flexibility index (Phi) is 2.95. The number of aryl methyl sites for hydroxylation is 1. The van der Waals surface area contributed by atoms with Crippen LogP contribution < -0.4 is 5.56 Å². The van der Waals surface area contributed by atoms with E-state index in [1.54, 1.807) is 6.20 Å². The second-order valence-electron chi connectivity index (χ2n) is 5.73. The van der Waals surface area contributed by atoms with Crippen molar-refractivity contribution in [1.29, 1.82) is 0 Å². The molecular weight excluding hydrogens is 262 g/mol. The third-order valence-corrected chi connectivity index (χ3v) is 4.42. The molecule has 1 aliphatic rings. The Balaban J connectivity index is 2.10. The third-order valence-electron chi connectivity index (χ3n) is 4.42. The van der Waals surface area contributed by atoms with Gasteiger partial charge >= 0.3 is 0 Å². The van der Waals surface area contributed by atoms with Gasteiger partial charge in [0.15, 0.2) is 0 Å². The molecule has 0 aliphatic heterocycles. The fourth-order valence-electron chi connectivity index (χ4n) is 3.33. The summed E-state index contributed by atoms with van der Waals surface area (Å²) in [6.45, 7) is 0. The van der Waals surface area contributed by atoms with Crippen molar-refractivity contribution >= 4 is 16.4 Å². The molecule has 4 heteroatoms. The van der Waals surface area contributed by atoms with Gasteiger partial charge in [0, 0.05) is 40.6 Å². The van der Waals surface area contributed by atoms with Crippen LogP contribution in [0, 0.1) is 0 Å². The van der Waals surface area contributed by atoms with E-state index in [9.17, 15) is 4.79 Å². The van der Waals surface area contributed by atoms with Crippen LogP contribution in [-0.4, -0.2) is 14.4 Å². The van der Waals surface area contributed by atoms with E-state index in [-0.39, 0.29) is 5.56 Å². The summed E-state index contributed by atoms with van der Waals surface area (Å²) in [5, 5.41) is 2.02. The molecule has 0 amide bonds. The van der Waals surface area contributed by atoms with Crippen LogP contribution in [0.3, 0.4) is 0 Å². The quantitative estimate of drug-likeness (QED) is 0.594. The first-order valence-corrected chi connectivity index (χ1v) is 7.61. The largest absolute Gasteiger partial charge is 0.305 e. The lowest BCUT2D eigenvalue weighted by Gasteiger charge is -2.17. The van der Waals surface area contributed by atoms with Gasteiger partial charge in [-0.15, -0.1) is 0 Å². The summed E-state index contributed by atoms with van der Waals surface area (Å²) in [6, 6.07) is 3.99. The molecule has 0 saturated heterocycles. The van der Waals surface area contributed by atoms with Crippen molar-refractivity contribution in [1.82, 2.24) is 14.4 Å². The van der Waals surface area contributed by atoms with E-state index in [2.05, 4.69) is 20.4 Å². The van der Waals surface area contributed by atoms with Crippen LogP contribution in [0.25, 0.3) is 16.4 Å². The molecule has 0 N–H and O–H groups in total. The molecule has 0 atom stereocenters. The topological polar surface area (TPSA) is 47.3 Å². The van der Waals surface area contributed by atoms with E-state index in [0.29, 0.717) is 0 Å². The Morgan fingerprint density at radius 3 is 2.81 bits per heavy atom. The van der Waals surface area contributed by atoms with E-state index in [4.69, 9.17) is 0 Å². The molecule has 1 aliphatic carbocycles. The molecule has 4 rings (SSSR count). The molecule has 106 valence electrons. The SMILES string of the molecule is O=c1nc2c3ccncc3ccn2c2c1CCCCCC2. The van der Waals surface area contributed by atoms with Crippen LogP contribution in [0.2, 0.25) is 0 Å². The molecule has 4 nitrogen and oxygen atoms in total. The molecule has 0 spiro atoms. The number of pyridine rings is 2. The zero-order valence-electron chi connectivity index (χ0n) is 11.9. The summed E-state index contributed by atoms with van der Waals surface area (Å²) in [5.41, 5.74) is 2.79. The molecule has 3 heterocycles.